The molecule has 1 atom stereocenters. The fourth-order valence-electron chi connectivity index (χ4n) is 0.911. The van der Waals surface area contributed by atoms with Gasteiger partial charge in [-0.25, -0.2) is 0 Å². The number of halogens is 3. The first-order chi connectivity index (χ1) is 4.20. The maximum absolute atomic E-state index is 3.33. The molecule has 1 heterocycles. The molecule has 7 heteroatoms. The van der Waals surface area contributed by atoms with Gasteiger partial charge in [0.05, 0.1) is 0 Å². The van der Waals surface area contributed by atoms with E-state index in [1.807, 2.05) is 0 Å². The van der Waals surface area contributed by atoms with Crippen molar-refractivity contribution < 1.29 is 57.7 Å². The van der Waals surface area contributed by atoms with E-state index >= 15 is 0 Å². The van der Waals surface area contributed by atoms with Crippen LogP contribution in [0.3, 0.4) is 0 Å². The van der Waals surface area contributed by atoms with Crippen LogP contribution in [0, 0.1) is 0 Å². The molecule has 0 bridgehead atoms. The van der Waals surface area contributed by atoms with Crippen LogP contribution in [-0.4, -0.2) is 41.7 Å². The van der Waals surface area contributed by atoms with Crippen LogP contribution >= 0.6 is 0 Å². The van der Waals surface area contributed by atoms with Crippen molar-refractivity contribution in [1.82, 2.24) is 15.1 Å². The third kappa shape index (κ3) is 6.00. The molecule has 0 saturated carbocycles. The zero-order valence-electron chi connectivity index (χ0n) is 7.02. The molecule has 0 aliphatic carbocycles. The Hall–Kier alpha value is 1.46. The molecule has 3 nitrogen and oxygen atoms in total. The monoisotopic (exact) mass is 267 g/mol. The first kappa shape index (κ1) is 19.1. The molecule has 1 rings (SSSR count). The van der Waals surface area contributed by atoms with Crippen LogP contribution < -0.4 is 42.5 Å². The third-order valence-electron chi connectivity index (χ3n) is 1.46. The second-order valence-electron chi connectivity index (χ2n) is 2.52. The van der Waals surface area contributed by atoms with Crippen molar-refractivity contribution in [2.75, 3.05) is 27.4 Å². The van der Waals surface area contributed by atoms with Crippen LogP contribution in [0.25, 0.3) is 0 Å². The Kier molecular flexibility index (Phi) is 14.4. The summed E-state index contributed by atoms with van der Waals surface area (Å²) in [6.07, 6.45) is 0. The van der Waals surface area contributed by atoms with Gasteiger partial charge >= 0.3 is 67.5 Å². The van der Waals surface area contributed by atoms with Gasteiger partial charge in [0.1, 0.15) is 0 Å². The third-order valence-corrected chi connectivity index (χ3v) is 2.47. The Morgan fingerprint density at radius 2 is 1.75 bits per heavy atom. The van der Waals surface area contributed by atoms with Crippen LogP contribution in [-0.2, 0) is 20.4 Å². The molecule has 0 aromatic heterocycles. The predicted octanol–water partition coefficient (Wildman–Crippen LogP) is -9.79. The van der Waals surface area contributed by atoms with E-state index in [1.54, 1.807) is 0 Å². The van der Waals surface area contributed by atoms with E-state index in [-0.39, 0.29) is 37.2 Å². The maximum Gasteiger partial charge on any atom is -1.00 e. The van der Waals surface area contributed by atoms with Gasteiger partial charge in [0.15, 0.2) is 0 Å². The molecule has 0 amide bonds. The molecular weight excluding hydrogens is 256 g/mol. The van der Waals surface area contributed by atoms with Gasteiger partial charge in [-0.3, -0.25) is 0 Å². The standard InChI is InChI=1S/C5H12N3.3ClH.Ti/c1-7-3-6-4-8(2)5-7;;;;/h3,6H,4-5H2,1-2H3;3*1H;/q;;;;+3/p-3. The first-order valence-electron chi connectivity index (χ1n) is 3.03. The fraction of sp³-hybridized carbons (Fsp3) is 1.00. The second kappa shape index (κ2) is 9.04. The Morgan fingerprint density at radius 1 is 1.25 bits per heavy atom. The van der Waals surface area contributed by atoms with Gasteiger partial charge in [0, 0.05) is 0 Å². The van der Waals surface area contributed by atoms with Crippen LogP contribution in [0.5, 0.6) is 0 Å². The minimum Gasteiger partial charge on any atom is -1.00 e. The van der Waals surface area contributed by atoms with Gasteiger partial charge in [-0.2, -0.15) is 0 Å². The van der Waals surface area contributed by atoms with E-state index in [0.717, 1.165) is 13.3 Å². The van der Waals surface area contributed by atoms with Crippen LogP contribution in [0.1, 0.15) is 0 Å². The topological polar surface area (TPSA) is 18.5 Å². The predicted molar refractivity (Wildman–Crippen MR) is 32.2 cm³/mol. The van der Waals surface area contributed by atoms with Gasteiger partial charge in [-0.05, 0) is 0 Å². The van der Waals surface area contributed by atoms with Crippen molar-refractivity contribution >= 4 is 0 Å². The van der Waals surface area contributed by atoms with E-state index in [9.17, 15) is 0 Å². The molecule has 0 spiro atoms. The quantitative estimate of drug-likeness (QED) is 0.440. The van der Waals surface area contributed by atoms with E-state index in [2.05, 4.69) is 49.6 Å². The van der Waals surface area contributed by atoms with Crippen molar-refractivity contribution in [3.63, 3.8) is 0 Å². The summed E-state index contributed by atoms with van der Waals surface area (Å²) in [7, 11) is 4.22. The molecule has 0 radical (unpaired) electrons. The van der Waals surface area contributed by atoms with Gasteiger partial charge < -0.3 is 37.2 Å². The molecule has 1 unspecified atom stereocenters. The zero-order valence-corrected chi connectivity index (χ0v) is 10.8. The molecule has 1 fully saturated rings. The van der Waals surface area contributed by atoms with Gasteiger partial charge in [-0.15, -0.1) is 0 Å². The Balaban J connectivity index is -0.000000270. The number of hydrogen-bond acceptors (Lipinski definition) is 3. The summed E-state index contributed by atoms with van der Waals surface area (Å²) in [6.45, 7) is 2.07. The van der Waals surface area contributed by atoms with Crippen LogP contribution in [0.4, 0.5) is 0 Å². The van der Waals surface area contributed by atoms with Crippen molar-refractivity contribution in [3.8, 4) is 0 Å². The minimum atomic E-state index is 0. The van der Waals surface area contributed by atoms with Crippen molar-refractivity contribution in [2.24, 2.45) is 0 Å². The molecule has 0 aromatic carbocycles. The van der Waals surface area contributed by atoms with E-state index < -0.39 is 0 Å². The van der Waals surface area contributed by atoms with Crippen molar-refractivity contribution in [3.05, 3.63) is 0 Å². The van der Waals surface area contributed by atoms with Gasteiger partial charge in [0.2, 0.25) is 0 Å². The molecule has 12 heavy (non-hydrogen) atoms. The van der Waals surface area contributed by atoms with E-state index in [4.69, 9.17) is 0 Å². The summed E-state index contributed by atoms with van der Waals surface area (Å²) < 4.78 is 0.529. The molecule has 1 aliphatic heterocycles. The number of rotatable bonds is 0. The van der Waals surface area contributed by atoms with Crippen molar-refractivity contribution in [1.29, 1.82) is 0 Å². The van der Waals surface area contributed by atoms with Crippen molar-refractivity contribution in [2.45, 2.75) is 4.47 Å². The number of hydrogen-bond donors (Lipinski definition) is 1. The molecule has 1 N–H and O–H groups in total. The molecule has 1 aliphatic rings. The number of nitrogens with zero attached hydrogens (tertiary/aromatic N) is 2. The fourth-order valence-corrected chi connectivity index (χ4v) is 1.18. The largest absolute Gasteiger partial charge is 1.00 e. The Labute approximate surface area is 104 Å². The van der Waals surface area contributed by atoms with E-state index in [1.165, 1.54) is 0 Å². The molecular formula is C5H12Cl3N3Ti. The average molecular weight is 268 g/mol. The second-order valence-corrected chi connectivity index (χ2v) is 3.37. The zero-order chi connectivity index (χ0) is 6.85. The average Bonchev–Trinajstić information content (AvgIpc) is 1.80. The van der Waals surface area contributed by atoms with Gasteiger partial charge in [0.25, 0.3) is 0 Å². The molecule has 1 saturated heterocycles. The van der Waals surface area contributed by atoms with E-state index in [0.29, 0.717) is 4.47 Å². The first-order valence-corrected chi connectivity index (χ1v) is 3.93. The summed E-state index contributed by atoms with van der Waals surface area (Å²) in [4.78, 5) is 4.50. The summed E-state index contributed by atoms with van der Waals surface area (Å²) >= 11 is 2.17. The summed E-state index contributed by atoms with van der Waals surface area (Å²) in [6, 6.07) is 0. The van der Waals surface area contributed by atoms with Crippen LogP contribution in [0.15, 0.2) is 0 Å². The molecule has 72 valence electrons. The minimum absolute atomic E-state index is 0. The Morgan fingerprint density at radius 3 is 2.08 bits per heavy atom. The Bertz CT molecular complexity index is 108. The number of nitrogens with one attached hydrogen (secondary N) is 1. The van der Waals surface area contributed by atoms with Crippen LogP contribution in [0.2, 0.25) is 0 Å². The summed E-state index contributed by atoms with van der Waals surface area (Å²) in [5, 5.41) is 3.33. The normalized spacial score (nSPS) is 24.8. The molecule has 0 aromatic rings. The van der Waals surface area contributed by atoms with Gasteiger partial charge in [-0.1, -0.05) is 0 Å². The SMILES string of the molecule is CN1CN[CH]([Ti+3])N(C)C1.[Cl-].[Cl-].[Cl-]. The summed E-state index contributed by atoms with van der Waals surface area (Å²) in [5.41, 5.74) is 0. The maximum atomic E-state index is 3.33. The smallest absolute Gasteiger partial charge is 1.00 e. The summed E-state index contributed by atoms with van der Waals surface area (Å²) in [5.74, 6) is 0.